The number of aromatic nitrogens is 1. The Kier molecular flexibility index (Phi) is 7.54. The Balaban J connectivity index is 1.02. The highest BCUT2D eigenvalue weighted by atomic mass is 16.3. The molecule has 0 aliphatic heterocycles. The standard InChI is InChI=1S/C56H36N2O/c1-2-14-39-34-41(27-26-37(39)12-1)40-15-9-17-45(35-40)57(43-29-31-44(32-30-43)58-52-23-7-5-20-49(52)50-21-6-8-24-53(50)58)46-18-10-16-42(36-46)47-22-11-25-54-55(47)51-33-28-38-13-3-4-19-48(38)56(51)59-54/h1-36H. The lowest BCUT2D eigenvalue weighted by Crippen LogP contribution is -2.10. The van der Waals surface area contributed by atoms with Gasteiger partial charge >= 0.3 is 0 Å². The van der Waals surface area contributed by atoms with Crippen LogP contribution in [0, 0.1) is 0 Å². The lowest BCUT2D eigenvalue weighted by Gasteiger charge is -2.27. The second-order valence-electron chi connectivity index (χ2n) is 15.3. The molecule has 0 unspecified atom stereocenters. The van der Waals surface area contributed by atoms with E-state index < -0.39 is 0 Å². The fourth-order valence-electron chi connectivity index (χ4n) is 9.20. The summed E-state index contributed by atoms with van der Waals surface area (Å²) < 4.78 is 8.98. The van der Waals surface area contributed by atoms with Crippen LogP contribution in [0.2, 0.25) is 0 Å². The first-order chi connectivity index (χ1) is 29.2. The molecule has 0 saturated carbocycles. The van der Waals surface area contributed by atoms with E-state index in [1.165, 1.54) is 43.5 Å². The summed E-state index contributed by atoms with van der Waals surface area (Å²) >= 11 is 0. The zero-order chi connectivity index (χ0) is 38.9. The second kappa shape index (κ2) is 13.4. The van der Waals surface area contributed by atoms with E-state index in [4.69, 9.17) is 4.42 Å². The van der Waals surface area contributed by atoms with Gasteiger partial charge in [0.2, 0.25) is 0 Å². The number of rotatable bonds is 6. The summed E-state index contributed by atoms with van der Waals surface area (Å²) in [6, 6.07) is 78.8. The van der Waals surface area contributed by atoms with Gasteiger partial charge in [0.05, 0.1) is 11.0 Å². The summed E-state index contributed by atoms with van der Waals surface area (Å²) in [5.41, 5.74) is 13.2. The van der Waals surface area contributed by atoms with Crippen LogP contribution in [-0.2, 0) is 0 Å². The van der Waals surface area contributed by atoms with Crippen molar-refractivity contribution in [2.45, 2.75) is 0 Å². The fraction of sp³-hybridized carbons (Fsp3) is 0. The van der Waals surface area contributed by atoms with Gasteiger partial charge in [0, 0.05) is 49.7 Å². The summed E-state index contributed by atoms with van der Waals surface area (Å²) in [5, 5.41) is 9.54. The Morgan fingerprint density at radius 2 is 0.949 bits per heavy atom. The zero-order valence-electron chi connectivity index (χ0n) is 32.1. The maximum atomic E-state index is 6.61. The van der Waals surface area contributed by atoms with Gasteiger partial charge in [-0.3, -0.25) is 0 Å². The predicted octanol–water partition coefficient (Wildman–Crippen LogP) is 15.8. The molecule has 0 atom stereocenters. The molecule has 2 aromatic heterocycles. The topological polar surface area (TPSA) is 21.3 Å². The molecule has 59 heavy (non-hydrogen) atoms. The van der Waals surface area contributed by atoms with Crippen molar-refractivity contribution >= 4 is 82.4 Å². The number of furan rings is 1. The average molecular weight is 753 g/mol. The van der Waals surface area contributed by atoms with E-state index in [0.29, 0.717) is 0 Å². The van der Waals surface area contributed by atoms with Gasteiger partial charge in [-0.25, -0.2) is 0 Å². The molecule has 276 valence electrons. The number of para-hydroxylation sites is 2. The van der Waals surface area contributed by atoms with Crippen LogP contribution in [0.3, 0.4) is 0 Å². The van der Waals surface area contributed by atoms with Crippen molar-refractivity contribution in [3.8, 4) is 27.9 Å². The van der Waals surface area contributed by atoms with Gasteiger partial charge < -0.3 is 13.9 Å². The summed E-state index contributed by atoms with van der Waals surface area (Å²) in [5.74, 6) is 0. The van der Waals surface area contributed by atoms with Crippen LogP contribution in [0.25, 0.3) is 93.2 Å². The maximum absolute atomic E-state index is 6.61. The smallest absolute Gasteiger partial charge is 0.143 e. The number of hydrogen-bond donors (Lipinski definition) is 0. The van der Waals surface area contributed by atoms with Crippen LogP contribution in [0.5, 0.6) is 0 Å². The fourth-order valence-corrected chi connectivity index (χ4v) is 9.20. The van der Waals surface area contributed by atoms with Crippen LogP contribution in [0.15, 0.2) is 223 Å². The van der Waals surface area contributed by atoms with Crippen LogP contribution in [-0.4, -0.2) is 4.57 Å². The predicted molar refractivity (Wildman–Crippen MR) is 249 cm³/mol. The number of benzene rings is 10. The molecule has 0 saturated heterocycles. The minimum Gasteiger partial charge on any atom is -0.455 e. The third-order valence-corrected chi connectivity index (χ3v) is 11.9. The van der Waals surface area contributed by atoms with E-state index in [-0.39, 0.29) is 0 Å². The molecule has 0 amide bonds. The Morgan fingerprint density at radius 3 is 1.71 bits per heavy atom. The molecule has 0 fully saturated rings. The second-order valence-corrected chi connectivity index (χ2v) is 15.3. The van der Waals surface area contributed by atoms with E-state index in [0.717, 1.165) is 66.8 Å². The molecule has 0 aliphatic carbocycles. The molecular formula is C56H36N2O. The number of nitrogens with zero attached hydrogens (tertiary/aromatic N) is 2. The lowest BCUT2D eigenvalue weighted by molar-refractivity contribution is 0.673. The average Bonchev–Trinajstić information content (AvgIpc) is 3.86. The van der Waals surface area contributed by atoms with Crippen molar-refractivity contribution in [1.82, 2.24) is 4.57 Å². The molecule has 3 heteroatoms. The third kappa shape index (κ3) is 5.44. The van der Waals surface area contributed by atoms with Crippen molar-refractivity contribution in [3.05, 3.63) is 218 Å². The highest BCUT2D eigenvalue weighted by molar-refractivity contribution is 6.19. The number of anilines is 3. The normalized spacial score (nSPS) is 11.7. The minimum atomic E-state index is 0.889. The molecule has 0 aliphatic rings. The van der Waals surface area contributed by atoms with Gasteiger partial charge in [0.15, 0.2) is 0 Å². The van der Waals surface area contributed by atoms with Crippen molar-refractivity contribution < 1.29 is 4.42 Å². The Morgan fingerprint density at radius 1 is 0.356 bits per heavy atom. The Bertz CT molecular complexity index is 3520. The highest BCUT2D eigenvalue weighted by Crippen LogP contribution is 2.43. The van der Waals surface area contributed by atoms with E-state index in [9.17, 15) is 0 Å². The molecule has 12 rings (SSSR count). The molecular weight excluding hydrogens is 717 g/mol. The first-order valence-electron chi connectivity index (χ1n) is 20.2. The van der Waals surface area contributed by atoms with Crippen molar-refractivity contribution in [2.75, 3.05) is 4.90 Å². The summed E-state index contributed by atoms with van der Waals surface area (Å²) in [7, 11) is 0. The largest absolute Gasteiger partial charge is 0.455 e. The SMILES string of the molecule is c1cc(-c2ccc3ccccc3c2)cc(N(c2ccc(-n3c4ccccc4c4ccccc43)cc2)c2cccc(-c3cccc4oc5c6ccccc6ccc5c34)c2)c1. The quantitative estimate of drug-likeness (QED) is 0.169. The van der Waals surface area contributed by atoms with Gasteiger partial charge in [-0.05, 0) is 117 Å². The van der Waals surface area contributed by atoms with E-state index in [1.807, 2.05) is 0 Å². The van der Waals surface area contributed by atoms with Crippen LogP contribution < -0.4 is 4.90 Å². The summed E-state index contributed by atoms with van der Waals surface area (Å²) in [6.45, 7) is 0. The van der Waals surface area contributed by atoms with E-state index in [1.54, 1.807) is 0 Å². The van der Waals surface area contributed by atoms with Gasteiger partial charge in [-0.15, -0.1) is 0 Å². The molecule has 3 nitrogen and oxygen atoms in total. The van der Waals surface area contributed by atoms with Gasteiger partial charge in [-0.2, -0.15) is 0 Å². The molecule has 0 radical (unpaired) electrons. The van der Waals surface area contributed by atoms with E-state index >= 15 is 0 Å². The summed E-state index contributed by atoms with van der Waals surface area (Å²) in [6.07, 6.45) is 0. The maximum Gasteiger partial charge on any atom is 0.143 e. The first kappa shape index (κ1) is 33.3. The zero-order valence-corrected chi connectivity index (χ0v) is 32.1. The lowest BCUT2D eigenvalue weighted by atomic mass is 9.97. The van der Waals surface area contributed by atoms with Crippen LogP contribution in [0.1, 0.15) is 0 Å². The molecule has 0 N–H and O–H groups in total. The molecule has 2 heterocycles. The van der Waals surface area contributed by atoms with Crippen molar-refractivity contribution in [1.29, 1.82) is 0 Å². The van der Waals surface area contributed by atoms with Gasteiger partial charge in [0.25, 0.3) is 0 Å². The third-order valence-electron chi connectivity index (χ3n) is 11.9. The first-order valence-corrected chi connectivity index (χ1v) is 20.2. The van der Waals surface area contributed by atoms with Crippen LogP contribution in [0.4, 0.5) is 17.1 Å². The van der Waals surface area contributed by atoms with Gasteiger partial charge in [0.1, 0.15) is 11.2 Å². The molecule has 0 spiro atoms. The van der Waals surface area contributed by atoms with Crippen molar-refractivity contribution in [2.24, 2.45) is 0 Å². The van der Waals surface area contributed by atoms with E-state index in [2.05, 4.69) is 228 Å². The van der Waals surface area contributed by atoms with Gasteiger partial charge in [-0.1, -0.05) is 140 Å². The number of hydrogen-bond acceptors (Lipinski definition) is 2. The summed E-state index contributed by atoms with van der Waals surface area (Å²) in [4.78, 5) is 2.38. The Hall–Kier alpha value is -7.88. The van der Waals surface area contributed by atoms with Crippen LogP contribution >= 0.6 is 0 Å². The molecule has 0 bridgehead atoms. The molecule has 12 aromatic rings. The minimum absolute atomic E-state index is 0.889. The Labute approximate surface area is 341 Å². The number of fused-ring (bicyclic) bond motifs is 9. The molecule has 10 aromatic carbocycles. The van der Waals surface area contributed by atoms with Crippen molar-refractivity contribution in [3.63, 3.8) is 0 Å². The monoisotopic (exact) mass is 752 g/mol. The highest BCUT2D eigenvalue weighted by Gasteiger charge is 2.19.